The number of hydrogen-bond donors (Lipinski definition) is 1. The Morgan fingerprint density at radius 3 is 2.09 bits per heavy atom. The summed E-state index contributed by atoms with van der Waals surface area (Å²) in [6, 6.07) is 0. The first kappa shape index (κ1) is 10.1. The fraction of sp³-hybridized carbons (Fsp3) is 0.714. The molecule has 11 heavy (non-hydrogen) atoms. The smallest absolute Gasteiger partial charge is 0.137 e. The van der Waals surface area contributed by atoms with E-state index in [2.05, 4.69) is 29.2 Å². The number of aromatic nitrogens is 3. The van der Waals surface area contributed by atoms with Crippen molar-refractivity contribution in [2.45, 2.75) is 13.8 Å². The molecule has 0 amide bonds. The van der Waals surface area contributed by atoms with Crippen molar-refractivity contribution in [3.63, 3.8) is 0 Å². The van der Waals surface area contributed by atoms with Crippen molar-refractivity contribution >= 4 is 0 Å². The van der Waals surface area contributed by atoms with E-state index in [4.69, 9.17) is 0 Å². The summed E-state index contributed by atoms with van der Waals surface area (Å²) in [4.78, 5) is 3.67. The molecular weight excluding hydrogens is 140 g/mol. The molecule has 0 bridgehead atoms. The van der Waals surface area contributed by atoms with Gasteiger partial charge >= 0.3 is 0 Å². The molecule has 1 N–H and O–H groups in total. The minimum Gasteiger partial charge on any atom is -0.317 e. The van der Waals surface area contributed by atoms with Crippen molar-refractivity contribution < 1.29 is 0 Å². The number of nitrogens with zero attached hydrogens (tertiary/aromatic N) is 3. The van der Waals surface area contributed by atoms with E-state index in [1.54, 1.807) is 11.0 Å². The third-order valence-corrected chi connectivity index (χ3v) is 1.03. The van der Waals surface area contributed by atoms with Crippen LogP contribution in [0.15, 0.2) is 12.7 Å². The molecular formula is C7H16N4. The molecule has 0 spiro atoms. The van der Waals surface area contributed by atoms with Crippen LogP contribution in [0.25, 0.3) is 0 Å². The van der Waals surface area contributed by atoms with E-state index in [1.807, 2.05) is 7.05 Å². The molecule has 1 aromatic heterocycles. The summed E-state index contributed by atoms with van der Waals surface area (Å²) in [6.45, 7) is 6.39. The van der Waals surface area contributed by atoms with E-state index >= 15 is 0 Å². The van der Waals surface area contributed by atoms with Gasteiger partial charge in [-0.2, -0.15) is 5.10 Å². The summed E-state index contributed by atoms with van der Waals surface area (Å²) < 4.78 is 1.64. The van der Waals surface area contributed by atoms with Crippen molar-refractivity contribution in [3.05, 3.63) is 12.7 Å². The lowest BCUT2D eigenvalue weighted by molar-refractivity contribution is 0.762. The van der Waals surface area contributed by atoms with Crippen molar-refractivity contribution in [1.29, 1.82) is 0 Å². The van der Waals surface area contributed by atoms with E-state index in [-0.39, 0.29) is 0 Å². The molecule has 0 aromatic carbocycles. The highest BCUT2D eigenvalue weighted by molar-refractivity contribution is 4.49. The second kappa shape index (κ2) is 7.21. The number of rotatable bonds is 2. The molecule has 0 aliphatic rings. The second-order valence-corrected chi connectivity index (χ2v) is 2.03. The zero-order valence-electron chi connectivity index (χ0n) is 7.41. The van der Waals surface area contributed by atoms with E-state index in [1.165, 1.54) is 6.33 Å². The molecule has 0 saturated carbocycles. The highest BCUT2D eigenvalue weighted by atomic mass is 15.3. The highest BCUT2D eigenvalue weighted by Gasteiger charge is 1.70. The molecule has 0 aliphatic carbocycles. The Kier molecular flexibility index (Phi) is 6.62. The minimum absolute atomic E-state index is 1.09. The van der Waals surface area contributed by atoms with Crippen LogP contribution in [0, 0.1) is 0 Å². The minimum atomic E-state index is 1.09. The normalized spacial score (nSPS) is 8.64. The zero-order valence-corrected chi connectivity index (χ0v) is 7.41. The van der Waals surface area contributed by atoms with Gasteiger partial charge in [0.15, 0.2) is 0 Å². The van der Waals surface area contributed by atoms with Crippen molar-refractivity contribution in [3.8, 4) is 0 Å². The van der Waals surface area contributed by atoms with Crippen LogP contribution >= 0.6 is 0 Å². The Hall–Kier alpha value is -0.900. The molecule has 0 fully saturated rings. The van der Waals surface area contributed by atoms with Crippen molar-refractivity contribution in [2.24, 2.45) is 7.05 Å². The lowest BCUT2D eigenvalue weighted by Gasteiger charge is -1.86. The Labute approximate surface area is 67.6 Å². The van der Waals surface area contributed by atoms with Crippen LogP contribution < -0.4 is 5.32 Å². The first-order valence-electron chi connectivity index (χ1n) is 3.80. The quantitative estimate of drug-likeness (QED) is 0.675. The molecule has 0 atom stereocenters. The standard InChI is InChI=1S/C4H11N.C3H5N3/c1-3-5-4-2;1-6-3-4-2-5-6/h5H,3-4H2,1-2H3;2-3H,1H3. The molecule has 1 heterocycles. The summed E-state index contributed by atoms with van der Waals surface area (Å²) in [7, 11) is 1.83. The monoisotopic (exact) mass is 156 g/mol. The fourth-order valence-electron chi connectivity index (χ4n) is 0.517. The zero-order chi connectivity index (χ0) is 8.53. The van der Waals surface area contributed by atoms with Gasteiger partial charge in [-0.3, -0.25) is 4.68 Å². The van der Waals surface area contributed by atoms with Crippen molar-refractivity contribution in [2.75, 3.05) is 13.1 Å². The summed E-state index contributed by atoms with van der Waals surface area (Å²) in [5.74, 6) is 0. The van der Waals surface area contributed by atoms with Crippen LogP contribution in [0.1, 0.15) is 13.8 Å². The largest absolute Gasteiger partial charge is 0.317 e. The first-order chi connectivity index (χ1) is 5.31. The lowest BCUT2D eigenvalue weighted by Crippen LogP contribution is -2.09. The van der Waals surface area contributed by atoms with E-state index in [0.717, 1.165) is 13.1 Å². The Morgan fingerprint density at radius 2 is 2.00 bits per heavy atom. The first-order valence-corrected chi connectivity index (χ1v) is 3.80. The van der Waals surface area contributed by atoms with Gasteiger partial charge in [0.2, 0.25) is 0 Å². The van der Waals surface area contributed by atoms with E-state index < -0.39 is 0 Å². The van der Waals surface area contributed by atoms with Gasteiger partial charge in [0.1, 0.15) is 12.7 Å². The summed E-state index contributed by atoms with van der Waals surface area (Å²) in [5.41, 5.74) is 0. The van der Waals surface area contributed by atoms with Crippen LogP contribution in [-0.2, 0) is 7.05 Å². The molecule has 0 unspecified atom stereocenters. The van der Waals surface area contributed by atoms with Crippen LogP contribution in [0.2, 0.25) is 0 Å². The second-order valence-electron chi connectivity index (χ2n) is 2.03. The lowest BCUT2D eigenvalue weighted by atomic mass is 10.7. The predicted octanol–water partition coefficient (Wildman–Crippen LogP) is 0.431. The van der Waals surface area contributed by atoms with Gasteiger partial charge in [-0.1, -0.05) is 13.8 Å². The molecule has 4 heteroatoms. The van der Waals surface area contributed by atoms with E-state index in [9.17, 15) is 0 Å². The summed E-state index contributed by atoms with van der Waals surface area (Å²) in [6.07, 6.45) is 3.14. The van der Waals surface area contributed by atoms with Crippen LogP contribution in [0.3, 0.4) is 0 Å². The van der Waals surface area contributed by atoms with Gasteiger partial charge < -0.3 is 5.32 Å². The molecule has 1 aromatic rings. The van der Waals surface area contributed by atoms with Gasteiger partial charge in [0, 0.05) is 7.05 Å². The topological polar surface area (TPSA) is 42.7 Å². The summed E-state index contributed by atoms with van der Waals surface area (Å²) >= 11 is 0. The van der Waals surface area contributed by atoms with E-state index in [0.29, 0.717) is 0 Å². The molecule has 0 saturated heterocycles. The van der Waals surface area contributed by atoms with Gasteiger partial charge in [-0.05, 0) is 13.1 Å². The average molecular weight is 156 g/mol. The highest BCUT2D eigenvalue weighted by Crippen LogP contribution is 1.64. The molecule has 1 rings (SSSR count). The Morgan fingerprint density at radius 1 is 1.36 bits per heavy atom. The molecule has 0 aliphatic heterocycles. The summed E-state index contributed by atoms with van der Waals surface area (Å²) in [5, 5.41) is 6.83. The van der Waals surface area contributed by atoms with Gasteiger partial charge in [-0.15, -0.1) is 0 Å². The predicted molar refractivity (Wildman–Crippen MR) is 45.2 cm³/mol. The number of aryl methyl sites for hydroxylation is 1. The number of hydrogen-bond acceptors (Lipinski definition) is 3. The average Bonchev–Trinajstić information content (AvgIpc) is 2.43. The maximum atomic E-state index is 3.72. The SMILES string of the molecule is CCNCC.Cn1cncn1. The van der Waals surface area contributed by atoms with Gasteiger partial charge in [-0.25, -0.2) is 4.98 Å². The Bertz CT molecular complexity index is 145. The van der Waals surface area contributed by atoms with Gasteiger partial charge in [0.25, 0.3) is 0 Å². The molecule has 4 nitrogen and oxygen atoms in total. The van der Waals surface area contributed by atoms with Crippen molar-refractivity contribution in [1.82, 2.24) is 20.1 Å². The van der Waals surface area contributed by atoms with Crippen LogP contribution in [0.5, 0.6) is 0 Å². The maximum absolute atomic E-state index is 3.72. The maximum Gasteiger partial charge on any atom is 0.137 e. The van der Waals surface area contributed by atoms with Gasteiger partial charge in [0.05, 0.1) is 0 Å². The third-order valence-electron chi connectivity index (χ3n) is 1.03. The third kappa shape index (κ3) is 6.99. The van der Waals surface area contributed by atoms with Crippen LogP contribution in [-0.4, -0.2) is 27.9 Å². The Balaban J connectivity index is 0.000000187. The number of nitrogens with one attached hydrogen (secondary N) is 1. The van der Waals surface area contributed by atoms with Crippen LogP contribution in [0.4, 0.5) is 0 Å². The molecule has 0 radical (unpaired) electrons. The fourth-order valence-corrected chi connectivity index (χ4v) is 0.517. The molecule has 64 valence electrons.